The van der Waals surface area contributed by atoms with Gasteiger partial charge in [0.25, 0.3) is 5.56 Å². The van der Waals surface area contributed by atoms with Crippen LogP contribution in [0, 0.1) is 23.6 Å². The van der Waals surface area contributed by atoms with E-state index in [0.29, 0.717) is 16.5 Å². The van der Waals surface area contributed by atoms with Crippen molar-refractivity contribution in [3.8, 4) is 11.1 Å². The van der Waals surface area contributed by atoms with Crippen LogP contribution in [0.15, 0.2) is 65.6 Å². The largest absolute Gasteiger partial charge is 0.443 e. The Morgan fingerprint density at radius 1 is 0.898 bits per heavy atom. The maximum atomic E-state index is 15.3. The van der Waals surface area contributed by atoms with Gasteiger partial charge in [-0.25, -0.2) is 14.2 Å². The number of hydrogen-bond donors (Lipinski definition) is 0. The summed E-state index contributed by atoms with van der Waals surface area (Å²) < 4.78 is 34.1. The predicted octanol–water partition coefficient (Wildman–Crippen LogP) is 7.42. The molecule has 0 saturated carbocycles. The summed E-state index contributed by atoms with van der Waals surface area (Å²) in [7, 11) is 0. The fourth-order valence-electron chi connectivity index (χ4n) is 5.14. The number of fused-ring (bicyclic) bond motifs is 2. The standard InChI is InChI=1S/C37H37ClFN3O7/c1-21-15-25-28(17-26(21)39)42(18-23-16-22-11-8-9-13-27(22)40-31(23)38)30(33(44)48-20-49-35(46)37(5,6)7)29(25)24-12-10-14-41(32(24)43)19-47-34(45)36(2,3)4/h8-17H,18-20H2,1-7H3. The van der Waals surface area contributed by atoms with Crippen molar-refractivity contribution in [2.45, 2.75) is 61.7 Å². The van der Waals surface area contributed by atoms with Crippen molar-refractivity contribution in [3.63, 3.8) is 0 Å². The Kier molecular flexibility index (Phi) is 9.70. The van der Waals surface area contributed by atoms with Gasteiger partial charge in [0.05, 0.1) is 34.0 Å². The second kappa shape index (κ2) is 13.5. The molecular formula is C37H37ClFN3O7. The van der Waals surface area contributed by atoms with Crippen molar-refractivity contribution in [2.75, 3.05) is 6.79 Å². The molecule has 0 unspecified atom stereocenters. The molecule has 0 aliphatic carbocycles. The highest BCUT2D eigenvalue weighted by atomic mass is 35.5. The van der Waals surface area contributed by atoms with Gasteiger partial charge in [0.1, 0.15) is 16.7 Å². The van der Waals surface area contributed by atoms with Crippen LogP contribution in [0.2, 0.25) is 5.15 Å². The van der Waals surface area contributed by atoms with Gasteiger partial charge in [-0.3, -0.25) is 19.0 Å². The third-order valence-corrected chi connectivity index (χ3v) is 8.17. The molecule has 5 rings (SSSR count). The van der Waals surface area contributed by atoms with Gasteiger partial charge in [-0.2, -0.15) is 0 Å². The molecule has 3 heterocycles. The molecule has 0 fully saturated rings. The first-order valence-corrected chi connectivity index (χ1v) is 15.9. The summed E-state index contributed by atoms with van der Waals surface area (Å²) in [4.78, 5) is 57.5. The molecule has 0 atom stereocenters. The lowest BCUT2D eigenvalue weighted by Gasteiger charge is -2.18. The monoisotopic (exact) mass is 689 g/mol. The summed E-state index contributed by atoms with van der Waals surface area (Å²) in [6, 6.07) is 15.1. The van der Waals surface area contributed by atoms with Crippen molar-refractivity contribution in [1.29, 1.82) is 0 Å². The van der Waals surface area contributed by atoms with Crippen LogP contribution in [-0.4, -0.2) is 38.8 Å². The van der Waals surface area contributed by atoms with Crippen LogP contribution in [0.25, 0.3) is 32.9 Å². The molecule has 0 N–H and O–H groups in total. The molecule has 0 aliphatic rings. The predicted molar refractivity (Wildman–Crippen MR) is 184 cm³/mol. The van der Waals surface area contributed by atoms with Crippen LogP contribution in [0.3, 0.4) is 0 Å². The summed E-state index contributed by atoms with van der Waals surface area (Å²) >= 11 is 6.65. The van der Waals surface area contributed by atoms with Crippen LogP contribution in [0.5, 0.6) is 0 Å². The van der Waals surface area contributed by atoms with Gasteiger partial charge in [0, 0.05) is 28.1 Å². The number of aryl methyl sites for hydroxylation is 1. The van der Waals surface area contributed by atoms with Crippen LogP contribution >= 0.6 is 11.6 Å². The number of rotatable bonds is 8. The summed E-state index contributed by atoms with van der Waals surface area (Å²) in [5.74, 6) is -2.59. The Balaban J connectivity index is 1.72. The van der Waals surface area contributed by atoms with E-state index in [9.17, 15) is 19.2 Å². The van der Waals surface area contributed by atoms with Crippen molar-refractivity contribution in [1.82, 2.24) is 14.1 Å². The molecule has 0 radical (unpaired) electrons. The number of para-hydroxylation sites is 1. The Bertz CT molecular complexity index is 2170. The molecule has 0 bridgehead atoms. The molecule has 5 aromatic rings. The fraction of sp³-hybridized carbons (Fsp3) is 0.324. The number of nitrogens with zero attached hydrogens (tertiary/aromatic N) is 3. The number of hydrogen-bond acceptors (Lipinski definition) is 8. The molecule has 12 heteroatoms. The van der Waals surface area contributed by atoms with E-state index in [1.807, 2.05) is 30.3 Å². The first-order chi connectivity index (χ1) is 23.0. The average molecular weight is 690 g/mol. The van der Waals surface area contributed by atoms with Crippen molar-refractivity contribution in [2.24, 2.45) is 10.8 Å². The quantitative estimate of drug-likeness (QED) is 0.0939. The van der Waals surface area contributed by atoms with Crippen molar-refractivity contribution in [3.05, 3.63) is 98.9 Å². The van der Waals surface area contributed by atoms with Crippen LogP contribution < -0.4 is 5.56 Å². The normalized spacial score (nSPS) is 11.9. The third kappa shape index (κ3) is 7.36. The number of ether oxygens (including phenoxy) is 3. The first kappa shape index (κ1) is 35.3. The van der Waals surface area contributed by atoms with Crippen molar-refractivity contribution < 1.29 is 33.0 Å². The van der Waals surface area contributed by atoms with Crippen LogP contribution in [0.1, 0.15) is 63.2 Å². The maximum Gasteiger partial charge on any atom is 0.358 e. The Morgan fingerprint density at radius 3 is 2.27 bits per heavy atom. The minimum Gasteiger partial charge on any atom is -0.443 e. The molecule has 3 aromatic heterocycles. The van der Waals surface area contributed by atoms with E-state index in [4.69, 9.17) is 25.8 Å². The molecule has 49 heavy (non-hydrogen) atoms. The average Bonchev–Trinajstić information content (AvgIpc) is 3.32. The van der Waals surface area contributed by atoms with Gasteiger partial charge in [-0.15, -0.1) is 0 Å². The van der Waals surface area contributed by atoms with E-state index in [2.05, 4.69) is 4.98 Å². The number of carbonyl (C=O) groups excluding carboxylic acids is 3. The van der Waals surface area contributed by atoms with Gasteiger partial charge in [0.15, 0.2) is 6.73 Å². The van der Waals surface area contributed by atoms with Crippen molar-refractivity contribution >= 4 is 51.3 Å². The second-order valence-corrected chi connectivity index (χ2v) is 14.2. The van der Waals surface area contributed by atoms with Crippen LogP contribution in [0.4, 0.5) is 4.39 Å². The van der Waals surface area contributed by atoms with Gasteiger partial charge < -0.3 is 18.8 Å². The molecule has 0 amide bonds. The van der Waals surface area contributed by atoms with Gasteiger partial charge in [0.2, 0.25) is 6.79 Å². The lowest BCUT2D eigenvalue weighted by atomic mass is 9.97. The number of halogens is 2. The Labute approximate surface area is 287 Å². The van der Waals surface area contributed by atoms with Gasteiger partial charge >= 0.3 is 17.9 Å². The molecule has 2 aromatic carbocycles. The fourth-order valence-corrected chi connectivity index (χ4v) is 5.34. The molecule has 10 nitrogen and oxygen atoms in total. The SMILES string of the molecule is Cc1cc2c(-c3cccn(COC(=O)C(C)(C)C)c3=O)c(C(=O)OCOC(=O)C(C)(C)C)n(Cc3cc4ccccc4nc3Cl)c2cc1F. The van der Waals surface area contributed by atoms with E-state index < -0.39 is 46.9 Å². The van der Waals surface area contributed by atoms with E-state index in [-0.39, 0.29) is 46.3 Å². The third-order valence-electron chi connectivity index (χ3n) is 7.84. The molecular weight excluding hydrogens is 653 g/mol. The summed E-state index contributed by atoms with van der Waals surface area (Å²) in [6.45, 7) is 10.5. The number of aromatic nitrogens is 3. The topological polar surface area (TPSA) is 119 Å². The van der Waals surface area contributed by atoms with E-state index in [0.717, 1.165) is 5.39 Å². The Morgan fingerprint density at radius 2 is 1.57 bits per heavy atom. The van der Waals surface area contributed by atoms with Crippen LogP contribution in [-0.2, 0) is 37.1 Å². The molecule has 256 valence electrons. The zero-order valence-corrected chi connectivity index (χ0v) is 29.1. The van der Waals surface area contributed by atoms with E-state index >= 15 is 4.39 Å². The maximum absolute atomic E-state index is 15.3. The van der Waals surface area contributed by atoms with Gasteiger partial charge in [-0.05, 0) is 90.4 Å². The number of esters is 3. The minimum atomic E-state index is -0.940. The highest BCUT2D eigenvalue weighted by Gasteiger charge is 2.30. The number of pyridine rings is 2. The lowest BCUT2D eigenvalue weighted by molar-refractivity contribution is -0.161. The number of benzene rings is 2. The molecule has 0 spiro atoms. The summed E-state index contributed by atoms with van der Waals surface area (Å²) in [5, 5.41) is 1.33. The smallest absolute Gasteiger partial charge is 0.358 e. The summed E-state index contributed by atoms with van der Waals surface area (Å²) in [5.41, 5.74) is -0.426. The highest BCUT2D eigenvalue weighted by molar-refractivity contribution is 6.30. The van der Waals surface area contributed by atoms with Gasteiger partial charge in [-0.1, -0.05) is 29.8 Å². The number of carbonyl (C=O) groups is 3. The zero-order valence-electron chi connectivity index (χ0n) is 28.4. The minimum absolute atomic E-state index is 0.0606. The van der Waals surface area contributed by atoms with E-state index in [1.54, 1.807) is 60.6 Å². The highest BCUT2D eigenvalue weighted by Crippen LogP contribution is 2.37. The lowest BCUT2D eigenvalue weighted by Crippen LogP contribution is -2.28. The first-order valence-electron chi connectivity index (χ1n) is 15.5. The summed E-state index contributed by atoms with van der Waals surface area (Å²) in [6.07, 6.45) is 1.45. The van der Waals surface area contributed by atoms with E-state index in [1.165, 1.54) is 27.5 Å². The second-order valence-electron chi connectivity index (χ2n) is 13.8. The molecule has 0 saturated heterocycles. The zero-order chi connectivity index (χ0) is 35.8. The molecule has 0 aliphatic heterocycles. The Hall–Kier alpha value is -5.03.